The van der Waals surface area contributed by atoms with Crippen LogP contribution in [0.25, 0.3) is 0 Å². The highest BCUT2D eigenvalue weighted by Crippen LogP contribution is 2.30. The van der Waals surface area contributed by atoms with Crippen LogP contribution in [0.4, 0.5) is 0 Å². The summed E-state index contributed by atoms with van der Waals surface area (Å²) in [6.45, 7) is 9.29. The van der Waals surface area contributed by atoms with E-state index in [2.05, 4.69) is 36.0 Å². The van der Waals surface area contributed by atoms with Gasteiger partial charge in [0.1, 0.15) is 0 Å². The number of nitrogens with one attached hydrogen (secondary N) is 3. The maximum absolute atomic E-state index is 13.3. The van der Waals surface area contributed by atoms with E-state index in [1.165, 1.54) is 96.3 Å². The van der Waals surface area contributed by atoms with Crippen LogP contribution in [0.1, 0.15) is 136 Å². The predicted molar refractivity (Wildman–Crippen MR) is 132 cm³/mol. The molecule has 0 atom stereocenters. The molecule has 0 aromatic carbocycles. The highest BCUT2D eigenvalue weighted by Gasteiger charge is 2.19. The molecule has 5 heteroatoms. The second-order valence-electron chi connectivity index (χ2n) is 8.64. The zero-order valence-corrected chi connectivity index (χ0v) is 21.1. The molecule has 176 valence electrons. The van der Waals surface area contributed by atoms with Crippen molar-refractivity contribution in [2.75, 3.05) is 19.6 Å². The van der Waals surface area contributed by atoms with E-state index >= 15 is 0 Å². The van der Waals surface area contributed by atoms with Gasteiger partial charge in [-0.1, -0.05) is 117 Å². The molecule has 4 nitrogen and oxygen atoms in total. The number of hydrogen-bond acceptors (Lipinski definition) is 1. The van der Waals surface area contributed by atoms with E-state index < -0.39 is 7.59 Å². The minimum absolute atomic E-state index is 0.844. The normalized spacial score (nSPS) is 12.0. The lowest BCUT2D eigenvalue weighted by Crippen LogP contribution is -2.33. The lowest BCUT2D eigenvalue weighted by Gasteiger charge is -2.22. The van der Waals surface area contributed by atoms with Crippen LogP contribution in [0.3, 0.4) is 0 Å². The predicted octanol–water partition coefficient (Wildman–Crippen LogP) is 7.94. The van der Waals surface area contributed by atoms with E-state index in [9.17, 15) is 4.57 Å². The van der Waals surface area contributed by atoms with Crippen LogP contribution in [0.15, 0.2) is 0 Å². The first-order valence-corrected chi connectivity index (χ1v) is 14.7. The van der Waals surface area contributed by atoms with Crippen LogP contribution in [0.5, 0.6) is 0 Å². The average molecular weight is 432 g/mol. The summed E-state index contributed by atoms with van der Waals surface area (Å²) in [6.07, 6.45) is 22.9. The fraction of sp³-hybridized carbons (Fsp3) is 1.00. The van der Waals surface area contributed by atoms with Gasteiger partial charge < -0.3 is 0 Å². The molecule has 0 fully saturated rings. The summed E-state index contributed by atoms with van der Waals surface area (Å²) in [5, 5.41) is 10.0. The highest BCUT2D eigenvalue weighted by atomic mass is 31.2. The Balaban J connectivity index is 4.05. The Kier molecular flexibility index (Phi) is 22.9. The third-order valence-electron chi connectivity index (χ3n) is 5.59. The lowest BCUT2D eigenvalue weighted by atomic mass is 10.1. The van der Waals surface area contributed by atoms with Crippen LogP contribution >= 0.6 is 7.59 Å². The second-order valence-corrected chi connectivity index (χ2v) is 10.8. The summed E-state index contributed by atoms with van der Waals surface area (Å²) in [5.41, 5.74) is 0. The molecule has 0 saturated heterocycles. The smallest absolute Gasteiger partial charge is 0.271 e. The molecular formula is C24H54N3OP. The molecule has 0 aromatic rings. The molecule has 0 aliphatic carbocycles. The second kappa shape index (κ2) is 22.8. The summed E-state index contributed by atoms with van der Waals surface area (Å²) in [5.74, 6) is 0. The Morgan fingerprint density at radius 3 is 0.931 bits per heavy atom. The van der Waals surface area contributed by atoms with Gasteiger partial charge in [-0.15, -0.1) is 0 Å². The number of hydrogen-bond donors (Lipinski definition) is 3. The fourth-order valence-corrected chi connectivity index (χ4v) is 5.35. The monoisotopic (exact) mass is 431 g/mol. The molecular weight excluding hydrogens is 377 g/mol. The molecule has 0 unspecified atom stereocenters. The number of rotatable bonds is 24. The summed E-state index contributed by atoms with van der Waals surface area (Å²) in [4.78, 5) is 0. The van der Waals surface area contributed by atoms with Gasteiger partial charge in [-0.3, -0.25) is 4.57 Å². The molecule has 0 aromatic heterocycles. The van der Waals surface area contributed by atoms with Crippen molar-refractivity contribution < 1.29 is 4.57 Å². The van der Waals surface area contributed by atoms with Crippen LogP contribution < -0.4 is 15.3 Å². The van der Waals surface area contributed by atoms with E-state index in [-0.39, 0.29) is 0 Å². The molecule has 0 aliphatic heterocycles. The quantitative estimate of drug-likeness (QED) is 0.107. The van der Waals surface area contributed by atoms with Gasteiger partial charge in [-0.2, -0.15) is 0 Å². The average Bonchev–Trinajstić information content (AvgIpc) is 2.72. The third kappa shape index (κ3) is 21.1. The minimum atomic E-state index is -2.65. The number of unbranched alkanes of at least 4 members (excludes halogenated alkanes) is 15. The summed E-state index contributed by atoms with van der Waals surface area (Å²) in [6, 6.07) is 0. The van der Waals surface area contributed by atoms with E-state index in [1.807, 2.05) is 0 Å². The van der Waals surface area contributed by atoms with Gasteiger partial charge in [0.25, 0.3) is 7.59 Å². The van der Waals surface area contributed by atoms with Gasteiger partial charge in [0, 0.05) is 19.6 Å². The van der Waals surface area contributed by atoms with Crippen LogP contribution in [0.2, 0.25) is 0 Å². The molecule has 0 radical (unpaired) electrons. The van der Waals surface area contributed by atoms with Crippen molar-refractivity contribution in [1.29, 1.82) is 0 Å². The molecule has 0 spiro atoms. The minimum Gasteiger partial charge on any atom is -0.271 e. The van der Waals surface area contributed by atoms with Crippen LogP contribution in [-0.4, -0.2) is 19.6 Å². The van der Waals surface area contributed by atoms with E-state index in [0.29, 0.717) is 0 Å². The molecule has 0 bridgehead atoms. The highest BCUT2D eigenvalue weighted by molar-refractivity contribution is 7.57. The van der Waals surface area contributed by atoms with Gasteiger partial charge >= 0.3 is 0 Å². The van der Waals surface area contributed by atoms with Crippen molar-refractivity contribution in [3.8, 4) is 0 Å². The molecule has 0 rings (SSSR count). The molecule has 29 heavy (non-hydrogen) atoms. The Hall–Kier alpha value is 0.110. The maximum atomic E-state index is 13.3. The van der Waals surface area contributed by atoms with Gasteiger partial charge in [-0.05, 0) is 19.3 Å². The SMILES string of the molecule is CCCCCCCCNP(=O)(NCCCCCCCC)NCCCCCCCC. The summed E-state index contributed by atoms with van der Waals surface area (Å²) < 4.78 is 13.3. The van der Waals surface area contributed by atoms with Gasteiger partial charge in [0.15, 0.2) is 0 Å². The molecule has 0 amide bonds. The Morgan fingerprint density at radius 2 is 0.655 bits per heavy atom. The zero-order valence-electron chi connectivity index (χ0n) is 20.2. The van der Waals surface area contributed by atoms with E-state index in [4.69, 9.17) is 0 Å². The third-order valence-corrected chi connectivity index (χ3v) is 7.60. The van der Waals surface area contributed by atoms with Gasteiger partial charge in [-0.25, -0.2) is 15.3 Å². The van der Waals surface area contributed by atoms with Crippen molar-refractivity contribution in [3.63, 3.8) is 0 Å². The Bertz CT molecular complexity index is 314. The molecule has 0 saturated carbocycles. The van der Waals surface area contributed by atoms with Crippen molar-refractivity contribution >= 4 is 7.59 Å². The van der Waals surface area contributed by atoms with Crippen molar-refractivity contribution in [2.45, 2.75) is 136 Å². The largest absolute Gasteiger partial charge is 0.279 e. The topological polar surface area (TPSA) is 53.2 Å². The van der Waals surface area contributed by atoms with E-state index in [0.717, 1.165) is 38.9 Å². The molecule has 3 N–H and O–H groups in total. The van der Waals surface area contributed by atoms with E-state index in [1.54, 1.807) is 0 Å². The van der Waals surface area contributed by atoms with Gasteiger partial charge in [0.2, 0.25) is 0 Å². The van der Waals surface area contributed by atoms with Crippen LogP contribution in [-0.2, 0) is 4.57 Å². The summed E-state index contributed by atoms with van der Waals surface area (Å²) >= 11 is 0. The van der Waals surface area contributed by atoms with Crippen molar-refractivity contribution in [2.24, 2.45) is 0 Å². The van der Waals surface area contributed by atoms with Crippen LogP contribution in [0, 0.1) is 0 Å². The Morgan fingerprint density at radius 1 is 0.414 bits per heavy atom. The molecule has 0 heterocycles. The molecule has 0 aliphatic rings. The fourth-order valence-electron chi connectivity index (χ4n) is 3.59. The lowest BCUT2D eigenvalue weighted by molar-refractivity contribution is 0.522. The first kappa shape index (κ1) is 29.1. The van der Waals surface area contributed by atoms with Crippen molar-refractivity contribution in [3.05, 3.63) is 0 Å². The maximum Gasteiger partial charge on any atom is 0.279 e. The summed E-state index contributed by atoms with van der Waals surface area (Å²) in [7, 11) is -2.65. The zero-order chi connectivity index (χ0) is 21.5. The Labute approximate surface area is 183 Å². The van der Waals surface area contributed by atoms with Gasteiger partial charge in [0.05, 0.1) is 0 Å². The first-order valence-electron chi connectivity index (χ1n) is 13.0. The first-order chi connectivity index (χ1) is 14.2. The van der Waals surface area contributed by atoms with Crippen molar-refractivity contribution in [1.82, 2.24) is 15.3 Å². The standard InChI is InChI=1S/C24H54N3OP/c1-4-7-10-13-16-19-22-25-29(28,26-23-20-17-14-11-8-5-2)27-24-21-18-15-12-9-6-3/h4-24H2,1-3H3,(H3,25,26,27,28).